The number of nitrogens with one attached hydrogen (secondary N) is 1. The Morgan fingerprint density at radius 3 is 2.48 bits per heavy atom. The van der Waals surface area contributed by atoms with Gasteiger partial charge < -0.3 is 4.74 Å². The Hall–Kier alpha value is -1.00. The lowest BCUT2D eigenvalue weighted by molar-refractivity contribution is -0.149. The Bertz CT molecular complexity index is 411. The van der Waals surface area contributed by atoms with Gasteiger partial charge in [-0.05, 0) is 42.9 Å². The van der Waals surface area contributed by atoms with E-state index in [9.17, 15) is 4.79 Å². The molecule has 0 aromatic heterocycles. The summed E-state index contributed by atoms with van der Waals surface area (Å²) < 4.78 is 5.11. The number of ether oxygens (including phenoxy) is 1. The SMILES string of the molecule is CCCNC(CCSCCC)(C(=O)OC)c1ccccc1. The zero-order valence-corrected chi connectivity index (χ0v) is 14.2. The Balaban J connectivity index is 3.00. The molecule has 0 bridgehead atoms. The predicted octanol–water partition coefficient (Wildman–Crippen LogP) is 3.59. The van der Waals surface area contributed by atoms with Crippen LogP contribution in [0.3, 0.4) is 0 Å². The molecule has 0 aliphatic heterocycles. The van der Waals surface area contributed by atoms with Crippen molar-refractivity contribution >= 4 is 17.7 Å². The normalized spacial score (nSPS) is 13.7. The van der Waals surface area contributed by atoms with Crippen LogP contribution in [0.5, 0.6) is 0 Å². The van der Waals surface area contributed by atoms with E-state index in [2.05, 4.69) is 19.2 Å². The summed E-state index contributed by atoms with van der Waals surface area (Å²) in [5, 5.41) is 3.44. The molecule has 0 amide bonds. The van der Waals surface area contributed by atoms with E-state index in [0.29, 0.717) is 0 Å². The molecule has 1 aromatic rings. The molecule has 21 heavy (non-hydrogen) atoms. The molecule has 3 nitrogen and oxygen atoms in total. The van der Waals surface area contributed by atoms with E-state index in [1.54, 1.807) is 0 Å². The van der Waals surface area contributed by atoms with Crippen LogP contribution in [0.15, 0.2) is 30.3 Å². The zero-order valence-electron chi connectivity index (χ0n) is 13.4. The van der Waals surface area contributed by atoms with Crippen LogP contribution in [-0.2, 0) is 15.1 Å². The fourth-order valence-corrected chi connectivity index (χ4v) is 3.28. The minimum absolute atomic E-state index is 0.195. The molecule has 0 heterocycles. The summed E-state index contributed by atoms with van der Waals surface area (Å²) in [6, 6.07) is 9.92. The Kier molecular flexibility index (Phi) is 8.47. The van der Waals surface area contributed by atoms with Gasteiger partial charge in [0.05, 0.1) is 7.11 Å². The van der Waals surface area contributed by atoms with Crippen molar-refractivity contribution < 1.29 is 9.53 Å². The standard InChI is InChI=1S/C17H27NO2S/c1-4-12-18-17(16(19)20-3,11-14-21-13-5-2)15-9-7-6-8-10-15/h6-10,18H,4-5,11-14H2,1-3H3. The third-order valence-electron chi connectivity index (χ3n) is 3.45. The van der Waals surface area contributed by atoms with Gasteiger partial charge in [-0.15, -0.1) is 0 Å². The second-order valence-electron chi connectivity index (χ2n) is 5.05. The number of carbonyl (C=O) groups is 1. The Labute approximate surface area is 132 Å². The van der Waals surface area contributed by atoms with Crippen LogP contribution in [0.1, 0.15) is 38.7 Å². The average Bonchev–Trinajstić information content (AvgIpc) is 2.54. The first-order chi connectivity index (χ1) is 10.2. The first-order valence-corrected chi connectivity index (χ1v) is 8.83. The van der Waals surface area contributed by atoms with Gasteiger partial charge in [0.25, 0.3) is 0 Å². The van der Waals surface area contributed by atoms with Crippen LogP contribution in [0.4, 0.5) is 0 Å². The molecule has 0 saturated carbocycles. The van der Waals surface area contributed by atoms with Crippen molar-refractivity contribution in [2.45, 2.75) is 38.6 Å². The molecular formula is C17H27NO2S. The molecule has 1 atom stereocenters. The number of hydrogen-bond donors (Lipinski definition) is 1. The number of benzene rings is 1. The first kappa shape index (κ1) is 18.1. The van der Waals surface area contributed by atoms with Crippen molar-refractivity contribution in [2.24, 2.45) is 0 Å². The monoisotopic (exact) mass is 309 g/mol. The van der Waals surface area contributed by atoms with E-state index in [4.69, 9.17) is 4.74 Å². The van der Waals surface area contributed by atoms with Gasteiger partial charge in [0.15, 0.2) is 0 Å². The van der Waals surface area contributed by atoms with Crippen LogP contribution in [0.25, 0.3) is 0 Å². The van der Waals surface area contributed by atoms with Gasteiger partial charge in [-0.25, -0.2) is 4.79 Å². The maximum absolute atomic E-state index is 12.5. The fourth-order valence-electron chi connectivity index (χ4n) is 2.33. The van der Waals surface area contributed by atoms with Crippen LogP contribution in [-0.4, -0.2) is 31.1 Å². The molecule has 0 saturated heterocycles. The van der Waals surface area contributed by atoms with E-state index < -0.39 is 5.54 Å². The molecule has 0 radical (unpaired) electrons. The first-order valence-electron chi connectivity index (χ1n) is 7.68. The van der Waals surface area contributed by atoms with E-state index in [-0.39, 0.29) is 5.97 Å². The van der Waals surface area contributed by atoms with Gasteiger partial charge >= 0.3 is 5.97 Å². The van der Waals surface area contributed by atoms with E-state index in [1.807, 2.05) is 42.1 Å². The number of hydrogen-bond acceptors (Lipinski definition) is 4. The topological polar surface area (TPSA) is 38.3 Å². The maximum Gasteiger partial charge on any atom is 0.330 e. The number of carbonyl (C=O) groups excluding carboxylic acids is 1. The third kappa shape index (κ3) is 5.04. The van der Waals surface area contributed by atoms with Gasteiger partial charge in [-0.3, -0.25) is 5.32 Å². The minimum atomic E-state index is -0.729. The fraction of sp³-hybridized carbons (Fsp3) is 0.588. The second kappa shape index (κ2) is 9.85. The lowest BCUT2D eigenvalue weighted by Gasteiger charge is -2.32. The van der Waals surface area contributed by atoms with Gasteiger partial charge in [-0.1, -0.05) is 44.2 Å². The summed E-state index contributed by atoms with van der Waals surface area (Å²) in [6.07, 6.45) is 2.88. The van der Waals surface area contributed by atoms with E-state index in [0.717, 1.165) is 42.9 Å². The summed E-state index contributed by atoms with van der Waals surface area (Å²) in [5.41, 5.74) is 0.259. The highest BCUT2D eigenvalue weighted by atomic mass is 32.2. The van der Waals surface area contributed by atoms with E-state index >= 15 is 0 Å². The van der Waals surface area contributed by atoms with Crippen molar-refractivity contribution in [3.05, 3.63) is 35.9 Å². The number of esters is 1. The van der Waals surface area contributed by atoms with Crippen molar-refractivity contribution in [3.63, 3.8) is 0 Å². The molecule has 1 rings (SSSR count). The minimum Gasteiger partial charge on any atom is -0.467 e. The molecule has 118 valence electrons. The molecule has 1 N–H and O–H groups in total. The molecule has 1 aromatic carbocycles. The highest BCUT2D eigenvalue weighted by Gasteiger charge is 2.40. The van der Waals surface area contributed by atoms with Crippen molar-refractivity contribution in [3.8, 4) is 0 Å². The summed E-state index contributed by atoms with van der Waals surface area (Å²) in [6.45, 7) is 5.07. The summed E-state index contributed by atoms with van der Waals surface area (Å²) in [7, 11) is 1.47. The molecular weight excluding hydrogens is 282 g/mol. The van der Waals surface area contributed by atoms with Crippen LogP contribution in [0.2, 0.25) is 0 Å². The number of methoxy groups -OCH3 is 1. The van der Waals surface area contributed by atoms with Gasteiger partial charge in [-0.2, -0.15) is 11.8 Å². The van der Waals surface area contributed by atoms with Crippen LogP contribution >= 0.6 is 11.8 Å². The molecule has 0 fully saturated rings. The van der Waals surface area contributed by atoms with Gasteiger partial charge in [0.2, 0.25) is 0 Å². The summed E-state index contributed by atoms with van der Waals surface area (Å²) >= 11 is 1.89. The average molecular weight is 309 g/mol. The third-order valence-corrected chi connectivity index (χ3v) is 4.64. The van der Waals surface area contributed by atoms with Crippen LogP contribution in [0, 0.1) is 0 Å². The van der Waals surface area contributed by atoms with Crippen LogP contribution < -0.4 is 5.32 Å². The lowest BCUT2D eigenvalue weighted by Crippen LogP contribution is -2.50. The highest BCUT2D eigenvalue weighted by molar-refractivity contribution is 7.99. The quantitative estimate of drug-likeness (QED) is 0.529. The molecule has 4 heteroatoms. The molecule has 0 spiro atoms. The highest BCUT2D eigenvalue weighted by Crippen LogP contribution is 2.29. The second-order valence-corrected chi connectivity index (χ2v) is 6.28. The van der Waals surface area contributed by atoms with Crippen molar-refractivity contribution in [1.29, 1.82) is 0 Å². The molecule has 1 unspecified atom stereocenters. The largest absolute Gasteiger partial charge is 0.467 e. The van der Waals surface area contributed by atoms with E-state index in [1.165, 1.54) is 7.11 Å². The predicted molar refractivity (Wildman–Crippen MR) is 90.7 cm³/mol. The van der Waals surface area contributed by atoms with Crippen molar-refractivity contribution in [1.82, 2.24) is 5.32 Å². The Morgan fingerprint density at radius 1 is 1.19 bits per heavy atom. The molecule has 0 aliphatic rings. The number of thioether (sulfide) groups is 1. The lowest BCUT2D eigenvalue weighted by atomic mass is 9.87. The number of rotatable bonds is 10. The zero-order chi connectivity index (χ0) is 15.6. The molecule has 0 aliphatic carbocycles. The smallest absolute Gasteiger partial charge is 0.330 e. The Morgan fingerprint density at radius 2 is 1.90 bits per heavy atom. The maximum atomic E-state index is 12.5. The van der Waals surface area contributed by atoms with Gasteiger partial charge in [0.1, 0.15) is 5.54 Å². The summed E-state index contributed by atoms with van der Waals surface area (Å²) in [5.74, 6) is 1.87. The van der Waals surface area contributed by atoms with Gasteiger partial charge in [0, 0.05) is 0 Å². The van der Waals surface area contributed by atoms with Crippen molar-refractivity contribution in [2.75, 3.05) is 25.2 Å². The summed E-state index contributed by atoms with van der Waals surface area (Å²) in [4.78, 5) is 12.5.